The molecule has 4 aromatic rings. The number of aryl methyl sites for hydroxylation is 1. The number of rotatable bonds is 13. The molecule has 8 N–H and O–H groups in total. The van der Waals surface area contributed by atoms with E-state index in [0.717, 1.165) is 30.4 Å². The second kappa shape index (κ2) is 13.8. The van der Waals surface area contributed by atoms with Gasteiger partial charge >= 0.3 is 5.69 Å². The van der Waals surface area contributed by atoms with Crippen molar-refractivity contribution in [3.63, 3.8) is 0 Å². The number of nitrogens with zero attached hydrogens (tertiary/aromatic N) is 3. The Labute approximate surface area is 249 Å². The number of aromatic amines is 1. The van der Waals surface area contributed by atoms with Gasteiger partial charge in [0.05, 0.1) is 22.4 Å². The second-order valence-electron chi connectivity index (χ2n) is 10.7. The van der Waals surface area contributed by atoms with Crippen LogP contribution in [0.15, 0.2) is 71.1 Å². The third-order valence-electron chi connectivity index (χ3n) is 7.06. The molecular weight excluding hydrogens is 555 g/mol. The number of fused-ring (bicyclic) bond motifs is 1. The van der Waals surface area contributed by atoms with Gasteiger partial charge in [-0.1, -0.05) is 29.8 Å². The lowest BCUT2D eigenvalue weighted by Gasteiger charge is -2.17. The summed E-state index contributed by atoms with van der Waals surface area (Å²) in [5.74, 6) is -0.486. The van der Waals surface area contributed by atoms with E-state index in [1.807, 2.05) is 31.2 Å². The molecule has 0 fully saturated rings. The quantitative estimate of drug-likeness (QED) is 0.0872. The van der Waals surface area contributed by atoms with Crippen LogP contribution in [0.4, 0.5) is 4.39 Å². The van der Waals surface area contributed by atoms with Crippen molar-refractivity contribution in [2.45, 2.75) is 64.2 Å². The molecule has 11 heteroatoms. The predicted octanol–water partition coefficient (Wildman–Crippen LogP) is 4.54. The van der Waals surface area contributed by atoms with E-state index >= 15 is 4.39 Å². The van der Waals surface area contributed by atoms with Crippen LogP contribution in [0.5, 0.6) is 0 Å². The van der Waals surface area contributed by atoms with E-state index in [4.69, 9.17) is 28.8 Å². The van der Waals surface area contributed by atoms with Crippen molar-refractivity contribution < 1.29 is 4.39 Å². The van der Waals surface area contributed by atoms with Gasteiger partial charge < -0.3 is 27.5 Å². The molecule has 0 saturated carbocycles. The van der Waals surface area contributed by atoms with E-state index in [2.05, 4.69) is 33.8 Å². The SMILES string of the molecule is C=C[C@@H](C[C@@H](C)NCc1ccc(-n2cc3cc(-c4cc(CCC[C@H](C)N)cc(Cl)c4F)[nH]c3nc2=O)cc1)N=C(N)N. The van der Waals surface area contributed by atoms with Crippen LogP contribution < -0.4 is 28.2 Å². The average molecular weight is 593 g/mol. The molecule has 0 amide bonds. The smallest absolute Gasteiger partial charge is 0.354 e. The highest BCUT2D eigenvalue weighted by molar-refractivity contribution is 6.31. The first-order valence-corrected chi connectivity index (χ1v) is 14.3. The second-order valence-corrected chi connectivity index (χ2v) is 11.1. The molecule has 9 nitrogen and oxygen atoms in total. The number of guanidine groups is 1. The third kappa shape index (κ3) is 7.84. The van der Waals surface area contributed by atoms with Gasteiger partial charge in [0.2, 0.25) is 0 Å². The van der Waals surface area contributed by atoms with Crippen molar-refractivity contribution in [1.82, 2.24) is 19.9 Å². The fourth-order valence-electron chi connectivity index (χ4n) is 4.84. The fourth-order valence-corrected chi connectivity index (χ4v) is 5.09. The van der Waals surface area contributed by atoms with Gasteiger partial charge in [0.25, 0.3) is 0 Å². The number of nitrogens with one attached hydrogen (secondary N) is 2. The minimum Gasteiger partial charge on any atom is -0.370 e. The average Bonchev–Trinajstić information content (AvgIpc) is 3.35. The molecule has 4 rings (SSSR count). The zero-order chi connectivity index (χ0) is 30.4. The van der Waals surface area contributed by atoms with E-state index < -0.39 is 11.5 Å². The molecular formula is C31H38ClFN8O. The molecule has 0 radical (unpaired) electrons. The Balaban J connectivity index is 1.51. The Hall–Kier alpha value is -3.99. The van der Waals surface area contributed by atoms with Crippen molar-refractivity contribution in [2.75, 3.05) is 0 Å². The molecule has 0 unspecified atom stereocenters. The molecule has 42 heavy (non-hydrogen) atoms. The van der Waals surface area contributed by atoms with Gasteiger partial charge in [-0.2, -0.15) is 4.98 Å². The first-order chi connectivity index (χ1) is 20.0. The zero-order valence-electron chi connectivity index (χ0n) is 23.9. The Kier molecular flexibility index (Phi) is 10.2. The standard InChI is InChI=1S/C31H38ClFN8O/c1-4-23(38-30(35)36)12-19(3)37-16-20-8-10-24(11-9-20)41-17-22-15-27(39-29(22)40-31(41)42)25-13-21(7-5-6-18(2)34)14-26(32)28(25)33/h4,8-11,13-15,17-19,23,37H,1,5-7,12,16,34H2,2-3H3,(H4,35,36,38)(H,39,40,42)/t18-,19+,23-/m0/s1. The van der Waals surface area contributed by atoms with Gasteiger partial charge in [-0.3, -0.25) is 4.57 Å². The molecule has 0 aliphatic carbocycles. The highest BCUT2D eigenvalue weighted by atomic mass is 35.5. The molecule has 2 aromatic heterocycles. The van der Waals surface area contributed by atoms with E-state index in [0.29, 0.717) is 40.9 Å². The van der Waals surface area contributed by atoms with E-state index in [-0.39, 0.29) is 29.1 Å². The summed E-state index contributed by atoms with van der Waals surface area (Å²) in [4.78, 5) is 24.4. The third-order valence-corrected chi connectivity index (χ3v) is 7.34. The highest BCUT2D eigenvalue weighted by Gasteiger charge is 2.16. The van der Waals surface area contributed by atoms with Crippen molar-refractivity contribution in [2.24, 2.45) is 22.2 Å². The van der Waals surface area contributed by atoms with E-state index in [9.17, 15) is 4.79 Å². The highest BCUT2D eigenvalue weighted by Crippen LogP contribution is 2.31. The first kappa shape index (κ1) is 31.0. The van der Waals surface area contributed by atoms with Gasteiger partial charge in [0.15, 0.2) is 11.8 Å². The number of hydrogen-bond donors (Lipinski definition) is 5. The summed E-state index contributed by atoms with van der Waals surface area (Å²) in [6, 6.07) is 12.9. The molecule has 0 saturated heterocycles. The van der Waals surface area contributed by atoms with Crippen LogP contribution in [-0.4, -0.2) is 38.6 Å². The van der Waals surface area contributed by atoms with Gasteiger partial charge in [-0.15, -0.1) is 6.58 Å². The lowest BCUT2D eigenvalue weighted by molar-refractivity contribution is 0.493. The molecule has 2 aromatic carbocycles. The van der Waals surface area contributed by atoms with Crippen LogP contribution >= 0.6 is 11.6 Å². The number of halogens is 2. The van der Waals surface area contributed by atoms with Crippen LogP contribution in [0.1, 0.15) is 44.2 Å². The van der Waals surface area contributed by atoms with Crippen molar-refractivity contribution in [1.29, 1.82) is 0 Å². The first-order valence-electron chi connectivity index (χ1n) is 13.9. The number of aromatic nitrogens is 3. The maximum absolute atomic E-state index is 15.1. The predicted molar refractivity (Wildman–Crippen MR) is 169 cm³/mol. The Bertz CT molecular complexity index is 1620. The Morgan fingerprint density at radius 1 is 1.21 bits per heavy atom. The summed E-state index contributed by atoms with van der Waals surface area (Å²) in [5.41, 5.74) is 20.2. The number of nitrogens with two attached hydrogens (primary N) is 3. The lowest BCUT2D eigenvalue weighted by atomic mass is 10.0. The molecule has 0 bridgehead atoms. The minimum absolute atomic E-state index is 0.0380. The molecule has 222 valence electrons. The molecule has 0 spiro atoms. The van der Waals surface area contributed by atoms with Crippen molar-refractivity contribution >= 4 is 28.6 Å². The number of H-pyrrole nitrogens is 1. The number of aliphatic imine (C=N–C) groups is 1. The van der Waals surface area contributed by atoms with E-state index in [1.54, 1.807) is 30.5 Å². The van der Waals surface area contributed by atoms with Crippen LogP contribution in [0, 0.1) is 5.82 Å². The number of hydrogen-bond acceptors (Lipinski definition) is 5. The maximum atomic E-state index is 15.1. The fraction of sp³-hybridized carbons (Fsp3) is 0.323. The Morgan fingerprint density at radius 3 is 2.62 bits per heavy atom. The van der Waals surface area contributed by atoms with Gasteiger partial charge in [0.1, 0.15) is 5.65 Å². The summed E-state index contributed by atoms with van der Waals surface area (Å²) in [6.07, 6.45) is 6.58. The van der Waals surface area contributed by atoms with Crippen LogP contribution in [0.2, 0.25) is 5.02 Å². The summed E-state index contributed by atoms with van der Waals surface area (Å²) in [5, 5.41) is 4.16. The topological polar surface area (TPSA) is 153 Å². The van der Waals surface area contributed by atoms with Gasteiger partial charge in [-0.25, -0.2) is 14.2 Å². The largest absolute Gasteiger partial charge is 0.370 e. The Morgan fingerprint density at radius 2 is 1.95 bits per heavy atom. The minimum atomic E-state index is -0.524. The van der Waals surface area contributed by atoms with Crippen LogP contribution in [-0.2, 0) is 13.0 Å². The number of benzene rings is 2. The normalized spacial score (nSPS) is 13.5. The summed E-state index contributed by atoms with van der Waals surface area (Å²) in [7, 11) is 0. The van der Waals surface area contributed by atoms with Crippen molar-refractivity contribution in [3.05, 3.63) is 93.8 Å². The zero-order valence-corrected chi connectivity index (χ0v) is 24.7. The summed E-state index contributed by atoms with van der Waals surface area (Å²) >= 11 is 6.23. The molecule has 0 aliphatic heterocycles. The summed E-state index contributed by atoms with van der Waals surface area (Å²) < 4.78 is 16.5. The molecule has 0 aliphatic rings. The maximum Gasteiger partial charge on any atom is 0.354 e. The van der Waals surface area contributed by atoms with Crippen LogP contribution in [0.25, 0.3) is 28.0 Å². The molecule has 2 heterocycles. The van der Waals surface area contributed by atoms with E-state index in [1.165, 1.54) is 4.57 Å². The monoisotopic (exact) mass is 592 g/mol. The molecule has 3 atom stereocenters. The van der Waals surface area contributed by atoms with Crippen LogP contribution in [0.3, 0.4) is 0 Å². The van der Waals surface area contributed by atoms with Gasteiger partial charge in [0, 0.05) is 35.8 Å². The van der Waals surface area contributed by atoms with Crippen molar-refractivity contribution in [3.8, 4) is 16.9 Å². The van der Waals surface area contributed by atoms with Gasteiger partial charge in [-0.05, 0) is 81.0 Å². The lowest BCUT2D eigenvalue weighted by Crippen LogP contribution is -2.31. The summed E-state index contributed by atoms with van der Waals surface area (Å²) in [6.45, 7) is 8.42.